The second kappa shape index (κ2) is 7.81. The number of benzene rings is 2. The van der Waals surface area contributed by atoms with Crippen LogP contribution >= 0.6 is 11.6 Å². The molecule has 0 saturated carbocycles. The van der Waals surface area contributed by atoms with Crippen molar-refractivity contribution in [1.82, 2.24) is 0 Å². The smallest absolute Gasteiger partial charge is 0.349 e. The zero-order valence-electron chi connectivity index (χ0n) is 12.7. The van der Waals surface area contributed by atoms with E-state index in [1.54, 1.807) is 24.3 Å². The summed E-state index contributed by atoms with van der Waals surface area (Å²) in [7, 11) is 1.49. The third kappa shape index (κ3) is 4.04. The molecular formula is C17H15ClO6. The first-order valence-corrected chi connectivity index (χ1v) is 7.31. The summed E-state index contributed by atoms with van der Waals surface area (Å²) >= 11 is 5.95. The van der Waals surface area contributed by atoms with Crippen molar-refractivity contribution in [3.63, 3.8) is 0 Å². The molecule has 126 valence electrons. The van der Waals surface area contributed by atoms with Crippen molar-refractivity contribution >= 4 is 23.5 Å². The molecule has 0 amide bonds. The van der Waals surface area contributed by atoms with E-state index in [0.717, 1.165) is 0 Å². The first-order valence-electron chi connectivity index (χ1n) is 6.93. The minimum Gasteiger partial charge on any atom is -0.497 e. The number of hydrogen-bond acceptors (Lipinski definition) is 5. The van der Waals surface area contributed by atoms with Gasteiger partial charge in [-0.25, -0.2) is 9.59 Å². The van der Waals surface area contributed by atoms with Crippen molar-refractivity contribution in [2.24, 2.45) is 0 Å². The highest BCUT2D eigenvalue weighted by Gasteiger charge is 2.30. The number of carbonyl (C=O) groups is 2. The highest BCUT2D eigenvalue weighted by Crippen LogP contribution is 2.28. The Labute approximate surface area is 143 Å². The number of carboxylic acids is 1. The van der Waals surface area contributed by atoms with Crippen LogP contribution < -0.4 is 4.74 Å². The Morgan fingerprint density at radius 2 is 1.71 bits per heavy atom. The van der Waals surface area contributed by atoms with Crippen LogP contribution in [-0.4, -0.2) is 29.3 Å². The lowest BCUT2D eigenvalue weighted by atomic mass is 10.1. The molecule has 2 N–H and O–H groups in total. The van der Waals surface area contributed by atoms with Crippen LogP contribution in [0.4, 0.5) is 0 Å². The first kappa shape index (κ1) is 17.8. The lowest BCUT2D eigenvalue weighted by Gasteiger charge is -2.18. The molecule has 2 rings (SSSR count). The highest BCUT2D eigenvalue weighted by atomic mass is 35.5. The summed E-state index contributed by atoms with van der Waals surface area (Å²) in [6.45, 7) is 0. The lowest BCUT2D eigenvalue weighted by Crippen LogP contribution is -2.23. The van der Waals surface area contributed by atoms with Crippen LogP contribution in [0.3, 0.4) is 0 Å². The predicted molar refractivity (Wildman–Crippen MR) is 85.9 cm³/mol. The Bertz CT molecular complexity index is 728. The number of esters is 1. The Kier molecular flexibility index (Phi) is 5.78. The molecule has 2 atom stereocenters. The van der Waals surface area contributed by atoms with Gasteiger partial charge in [0.1, 0.15) is 5.75 Å². The van der Waals surface area contributed by atoms with Gasteiger partial charge in [0.25, 0.3) is 0 Å². The molecule has 2 aromatic rings. The Balaban J connectivity index is 2.18. The first-order chi connectivity index (χ1) is 11.4. The van der Waals surface area contributed by atoms with Gasteiger partial charge >= 0.3 is 11.9 Å². The van der Waals surface area contributed by atoms with Crippen LogP contribution in [0.25, 0.3) is 0 Å². The summed E-state index contributed by atoms with van der Waals surface area (Å²) in [4.78, 5) is 23.5. The van der Waals surface area contributed by atoms with E-state index in [0.29, 0.717) is 5.75 Å². The molecular weight excluding hydrogens is 336 g/mol. The Hall–Kier alpha value is -2.57. The maximum atomic E-state index is 12.1. The van der Waals surface area contributed by atoms with Crippen LogP contribution in [-0.2, 0) is 14.3 Å². The monoisotopic (exact) mass is 350 g/mol. The van der Waals surface area contributed by atoms with Crippen molar-refractivity contribution in [3.05, 3.63) is 64.7 Å². The molecule has 0 aromatic heterocycles. The molecule has 0 saturated heterocycles. The number of methoxy groups -OCH3 is 1. The average molecular weight is 351 g/mol. The van der Waals surface area contributed by atoms with E-state index in [4.69, 9.17) is 21.1 Å². The number of carbonyl (C=O) groups excluding carboxylic acids is 1. The number of ether oxygens (including phenoxy) is 2. The summed E-state index contributed by atoms with van der Waals surface area (Å²) in [5, 5.41) is 19.5. The molecule has 0 aliphatic carbocycles. The minimum atomic E-state index is -1.62. The average Bonchev–Trinajstić information content (AvgIpc) is 2.59. The van der Waals surface area contributed by atoms with Crippen LogP contribution in [0.5, 0.6) is 5.75 Å². The van der Waals surface area contributed by atoms with E-state index in [9.17, 15) is 19.8 Å². The van der Waals surface area contributed by atoms with Gasteiger partial charge in [0.15, 0.2) is 6.10 Å². The lowest BCUT2D eigenvalue weighted by molar-refractivity contribution is -0.171. The molecule has 0 radical (unpaired) electrons. The number of aliphatic carboxylic acids is 1. The van der Waals surface area contributed by atoms with Gasteiger partial charge in [0, 0.05) is 10.6 Å². The second-order valence-corrected chi connectivity index (χ2v) is 5.26. The summed E-state index contributed by atoms with van der Waals surface area (Å²) in [5.41, 5.74) is 0.381. The van der Waals surface area contributed by atoms with Gasteiger partial charge < -0.3 is 19.7 Å². The number of aliphatic hydroxyl groups is 1. The molecule has 0 heterocycles. The van der Waals surface area contributed by atoms with Crippen molar-refractivity contribution in [1.29, 1.82) is 0 Å². The van der Waals surface area contributed by atoms with E-state index in [1.165, 1.54) is 31.4 Å². The maximum Gasteiger partial charge on any atom is 0.349 e. The maximum absolute atomic E-state index is 12.1. The number of aliphatic hydroxyl groups excluding tert-OH is 1. The third-order valence-corrected chi connectivity index (χ3v) is 3.64. The molecule has 6 nitrogen and oxygen atoms in total. The van der Waals surface area contributed by atoms with Gasteiger partial charge in [0.05, 0.1) is 7.11 Å². The van der Waals surface area contributed by atoms with E-state index in [2.05, 4.69) is 0 Å². The quantitative estimate of drug-likeness (QED) is 0.778. The van der Waals surface area contributed by atoms with E-state index in [1.807, 2.05) is 0 Å². The topological polar surface area (TPSA) is 93.1 Å². The molecule has 0 bridgehead atoms. The van der Waals surface area contributed by atoms with Crippen molar-refractivity contribution in [2.45, 2.75) is 12.2 Å². The van der Waals surface area contributed by atoms with Crippen molar-refractivity contribution in [3.8, 4) is 5.75 Å². The molecule has 24 heavy (non-hydrogen) atoms. The van der Waals surface area contributed by atoms with Gasteiger partial charge in [0.2, 0.25) is 6.10 Å². The summed E-state index contributed by atoms with van der Waals surface area (Å²) in [5.74, 6) is -1.93. The molecule has 0 aliphatic heterocycles. The Morgan fingerprint density at radius 3 is 2.25 bits per heavy atom. The number of rotatable bonds is 6. The van der Waals surface area contributed by atoms with Crippen LogP contribution in [0.2, 0.25) is 5.02 Å². The molecule has 1 unspecified atom stereocenters. The Morgan fingerprint density at radius 1 is 1.08 bits per heavy atom. The summed E-state index contributed by atoms with van der Waals surface area (Å²) in [6, 6.07) is 12.2. The summed E-state index contributed by atoms with van der Waals surface area (Å²) in [6.07, 6.45) is -3.24. The minimum absolute atomic E-state index is 0.127. The van der Waals surface area contributed by atoms with E-state index < -0.39 is 24.1 Å². The third-order valence-electron chi connectivity index (χ3n) is 3.30. The van der Waals surface area contributed by atoms with E-state index >= 15 is 0 Å². The fraction of sp³-hybridized carbons (Fsp3) is 0.176. The zero-order valence-corrected chi connectivity index (χ0v) is 13.4. The zero-order chi connectivity index (χ0) is 17.7. The van der Waals surface area contributed by atoms with Crippen molar-refractivity contribution < 1.29 is 29.3 Å². The molecule has 2 aromatic carbocycles. The number of halogens is 1. The fourth-order valence-corrected chi connectivity index (χ4v) is 2.27. The van der Waals surface area contributed by atoms with Crippen LogP contribution in [0.15, 0.2) is 48.5 Å². The largest absolute Gasteiger partial charge is 0.497 e. The molecule has 7 heteroatoms. The van der Waals surface area contributed by atoms with Gasteiger partial charge in [-0.2, -0.15) is 0 Å². The van der Waals surface area contributed by atoms with Gasteiger partial charge in [-0.3, -0.25) is 0 Å². The standard InChI is InChI=1S/C17H15ClO6/c1-23-11-8-6-10(7-9-11)14(19)17(22)24-15(16(20)21)12-4-2-3-5-13(12)18/h2-9,14-15,19H,1H3,(H,20,21)/t14-,15?/m1/s1. The SMILES string of the molecule is COc1ccc([C@@H](O)C(=O)OC(C(=O)O)c2ccccc2Cl)cc1. The second-order valence-electron chi connectivity index (χ2n) is 4.85. The normalized spacial score (nSPS) is 13.0. The molecule has 0 fully saturated rings. The van der Waals surface area contributed by atoms with E-state index in [-0.39, 0.29) is 16.1 Å². The predicted octanol–water partition coefficient (Wildman–Crippen LogP) is 2.75. The summed E-state index contributed by atoms with van der Waals surface area (Å²) < 4.78 is 9.93. The van der Waals surface area contributed by atoms with Crippen LogP contribution in [0.1, 0.15) is 23.3 Å². The molecule has 0 spiro atoms. The number of hydrogen-bond donors (Lipinski definition) is 2. The number of carboxylic acid groups (broad SMARTS) is 1. The van der Waals surface area contributed by atoms with Crippen LogP contribution in [0, 0.1) is 0 Å². The van der Waals surface area contributed by atoms with Gasteiger partial charge in [-0.15, -0.1) is 0 Å². The van der Waals surface area contributed by atoms with Gasteiger partial charge in [-0.05, 0) is 23.8 Å². The fourth-order valence-electron chi connectivity index (χ4n) is 2.04. The van der Waals surface area contributed by atoms with Gasteiger partial charge in [-0.1, -0.05) is 41.9 Å². The van der Waals surface area contributed by atoms with Crippen molar-refractivity contribution in [2.75, 3.05) is 7.11 Å². The highest BCUT2D eigenvalue weighted by molar-refractivity contribution is 6.31. The molecule has 0 aliphatic rings.